The number of ether oxygens (including phenoxy) is 2. The Morgan fingerprint density at radius 3 is 2.71 bits per heavy atom. The SMILES string of the molecule is Fc1ccc(CN2CC[C@@]3(COCc4cnc(N5CCOCC5)nc43)C2)cc1. The van der Waals surface area contributed by atoms with Crippen LogP contribution in [0.1, 0.15) is 23.2 Å². The molecule has 2 saturated heterocycles. The maximum atomic E-state index is 13.2. The normalized spacial score (nSPS) is 25.2. The summed E-state index contributed by atoms with van der Waals surface area (Å²) in [5.74, 6) is 0.615. The van der Waals surface area contributed by atoms with Gasteiger partial charge >= 0.3 is 0 Å². The van der Waals surface area contributed by atoms with E-state index >= 15 is 0 Å². The highest BCUT2D eigenvalue weighted by molar-refractivity contribution is 5.39. The summed E-state index contributed by atoms with van der Waals surface area (Å²) in [4.78, 5) is 14.2. The van der Waals surface area contributed by atoms with Crippen molar-refractivity contribution in [3.63, 3.8) is 0 Å². The van der Waals surface area contributed by atoms with E-state index in [0.717, 1.165) is 75.1 Å². The number of rotatable bonds is 3. The van der Waals surface area contributed by atoms with Crippen LogP contribution in [0.4, 0.5) is 10.3 Å². The van der Waals surface area contributed by atoms with Crippen molar-refractivity contribution < 1.29 is 13.9 Å². The average Bonchev–Trinajstić information content (AvgIpc) is 3.13. The number of benzene rings is 1. The maximum absolute atomic E-state index is 13.2. The third kappa shape index (κ3) is 3.38. The monoisotopic (exact) mass is 384 g/mol. The predicted molar refractivity (Wildman–Crippen MR) is 103 cm³/mol. The van der Waals surface area contributed by atoms with Crippen LogP contribution >= 0.6 is 0 Å². The summed E-state index contributed by atoms with van der Waals surface area (Å²) in [5, 5.41) is 0. The van der Waals surface area contributed by atoms with Gasteiger partial charge in [0.25, 0.3) is 0 Å². The molecule has 1 spiro atoms. The van der Waals surface area contributed by atoms with Crippen molar-refractivity contribution in [2.45, 2.75) is 25.0 Å². The summed E-state index contributed by atoms with van der Waals surface area (Å²) >= 11 is 0. The number of morpholine rings is 1. The van der Waals surface area contributed by atoms with Crippen LogP contribution in [-0.4, -0.2) is 60.9 Å². The highest BCUT2D eigenvalue weighted by Gasteiger charge is 2.45. The fourth-order valence-corrected chi connectivity index (χ4v) is 4.56. The van der Waals surface area contributed by atoms with E-state index in [0.29, 0.717) is 13.2 Å². The first-order valence-corrected chi connectivity index (χ1v) is 9.96. The average molecular weight is 384 g/mol. The molecule has 1 aromatic carbocycles. The van der Waals surface area contributed by atoms with Gasteiger partial charge in [-0.3, -0.25) is 4.90 Å². The molecule has 0 N–H and O–H groups in total. The Morgan fingerprint density at radius 1 is 1.07 bits per heavy atom. The lowest BCUT2D eigenvalue weighted by molar-refractivity contribution is 0.0502. The van der Waals surface area contributed by atoms with Crippen LogP contribution in [0.5, 0.6) is 0 Å². The molecule has 3 aliphatic rings. The number of halogens is 1. The van der Waals surface area contributed by atoms with Gasteiger partial charge in [0.1, 0.15) is 5.82 Å². The van der Waals surface area contributed by atoms with Gasteiger partial charge in [0.05, 0.1) is 37.5 Å². The fourth-order valence-electron chi connectivity index (χ4n) is 4.56. The molecular formula is C21H25FN4O2. The van der Waals surface area contributed by atoms with Crippen LogP contribution in [0.3, 0.4) is 0 Å². The summed E-state index contributed by atoms with van der Waals surface area (Å²) < 4.78 is 24.6. The number of hydrogen-bond acceptors (Lipinski definition) is 6. The van der Waals surface area contributed by atoms with E-state index in [4.69, 9.17) is 14.5 Å². The first-order valence-electron chi connectivity index (χ1n) is 9.96. The van der Waals surface area contributed by atoms with Crippen molar-refractivity contribution >= 4 is 5.95 Å². The Labute approximate surface area is 164 Å². The maximum Gasteiger partial charge on any atom is 0.225 e. The summed E-state index contributed by atoms with van der Waals surface area (Å²) in [5.41, 5.74) is 3.30. The zero-order valence-electron chi connectivity index (χ0n) is 15.9. The number of hydrogen-bond donors (Lipinski definition) is 0. The van der Waals surface area contributed by atoms with Gasteiger partial charge in [0, 0.05) is 37.9 Å². The van der Waals surface area contributed by atoms with E-state index in [1.807, 2.05) is 18.3 Å². The van der Waals surface area contributed by atoms with Gasteiger partial charge in [0.2, 0.25) is 5.95 Å². The fraction of sp³-hybridized carbons (Fsp3) is 0.524. The summed E-state index contributed by atoms with van der Waals surface area (Å²) in [6, 6.07) is 6.79. The molecule has 3 aliphatic heterocycles. The molecule has 28 heavy (non-hydrogen) atoms. The quantitative estimate of drug-likeness (QED) is 0.808. The second-order valence-electron chi connectivity index (χ2n) is 8.00. The molecule has 1 aromatic heterocycles. The second-order valence-corrected chi connectivity index (χ2v) is 8.00. The first-order chi connectivity index (χ1) is 13.7. The Hall–Kier alpha value is -2.09. The first kappa shape index (κ1) is 18.0. The molecule has 4 heterocycles. The molecule has 2 aromatic rings. The van der Waals surface area contributed by atoms with E-state index in [1.54, 1.807) is 0 Å². The lowest BCUT2D eigenvalue weighted by atomic mass is 9.80. The van der Waals surface area contributed by atoms with Gasteiger partial charge in [-0.2, -0.15) is 0 Å². The summed E-state index contributed by atoms with van der Waals surface area (Å²) in [7, 11) is 0. The third-order valence-electron chi connectivity index (χ3n) is 6.04. The minimum absolute atomic E-state index is 0.0857. The van der Waals surface area contributed by atoms with Crippen LogP contribution in [0.2, 0.25) is 0 Å². The van der Waals surface area contributed by atoms with Crippen LogP contribution in [-0.2, 0) is 28.0 Å². The molecule has 0 aliphatic carbocycles. The van der Waals surface area contributed by atoms with E-state index in [1.165, 1.54) is 12.1 Å². The standard InChI is InChI=1S/C21H25FN4O2/c22-18-3-1-16(2-4-18)12-25-6-5-21(14-25)15-28-13-17-11-23-20(24-19(17)21)26-7-9-27-10-8-26/h1-4,11H,5-10,12-15H2/t21-/m0/s1. The van der Waals surface area contributed by atoms with Crippen LogP contribution < -0.4 is 4.90 Å². The van der Waals surface area contributed by atoms with Gasteiger partial charge in [-0.15, -0.1) is 0 Å². The molecule has 0 unspecified atom stereocenters. The van der Waals surface area contributed by atoms with Crippen LogP contribution in [0, 0.1) is 5.82 Å². The lowest BCUT2D eigenvalue weighted by Crippen LogP contribution is -2.42. The zero-order valence-corrected chi connectivity index (χ0v) is 15.9. The molecule has 5 rings (SSSR count). The van der Waals surface area contributed by atoms with E-state index in [-0.39, 0.29) is 11.2 Å². The Kier molecular flexibility index (Phi) is 4.74. The van der Waals surface area contributed by atoms with Crippen molar-refractivity contribution in [1.82, 2.24) is 14.9 Å². The van der Waals surface area contributed by atoms with E-state index in [9.17, 15) is 4.39 Å². The van der Waals surface area contributed by atoms with Gasteiger partial charge in [0.15, 0.2) is 0 Å². The molecule has 0 radical (unpaired) electrons. The predicted octanol–water partition coefficient (Wildman–Crippen LogP) is 2.13. The Balaban J connectivity index is 1.38. The molecule has 0 amide bonds. The lowest BCUT2D eigenvalue weighted by Gasteiger charge is -2.35. The molecule has 0 bridgehead atoms. The van der Waals surface area contributed by atoms with Crippen molar-refractivity contribution in [3.8, 4) is 0 Å². The van der Waals surface area contributed by atoms with Crippen molar-refractivity contribution in [3.05, 3.63) is 53.1 Å². The minimum atomic E-state index is -0.191. The summed E-state index contributed by atoms with van der Waals surface area (Å²) in [6.45, 7) is 7.09. The van der Waals surface area contributed by atoms with E-state index in [2.05, 4.69) is 14.8 Å². The Bertz CT molecular complexity index is 841. The molecule has 148 valence electrons. The van der Waals surface area contributed by atoms with Crippen molar-refractivity contribution in [1.29, 1.82) is 0 Å². The Morgan fingerprint density at radius 2 is 1.89 bits per heavy atom. The number of aromatic nitrogens is 2. The number of anilines is 1. The van der Waals surface area contributed by atoms with Crippen LogP contribution in [0.15, 0.2) is 30.5 Å². The minimum Gasteiger partial charge on any atom is -0.378 e. The van der Waals surface area contributed by atoms with Crippen LogP contribution in [0.25, 0.3) is 0 Å². The molecule has 1 atom stereocenters. The largest absolute Gasteiger partial charge is 0.378 e. The van der Waals surface area contributed by atoms with E-state index < -0.39 is 0 Å². The number of nitrogens with zero attached hydrogens (tertiary/aromatic N) is 4. The van der Waals surface area contributed by atoms with Gasteiger partial charge in [-0.25, -0.2) is 14.4 Å². The number of fused-ring (bicyclic) bond motifs is 2. The van der Waals surface area contributed by atoms with Gasteiger partial charge in [-0.05, 0) is 30.7 Å². The topological polar surface area (TPSA) is 50.7 Å². The van der Waals surface area contributed by atoms with Crippen molar-refractivity contribution in [2.24, 2.45) is 0 Å². The number of likely N-dealkylation sites (tertiary alicyclic amines) is 1. The second kappa shape index (κ2) is 7.39. The zero-order chi connectivity index (χ0) is 19.0. The highest BCUT2D eigenvalue weighted by Crippen LogP contribution is 2.40. The smallest absolute Gasteiger partial charge is 0.225 e. The summed E-state index contributed by atoms with van der Waals surface area (Å²) in [6.07, 6.45) is 2.96. The third-order valence-corrected chi connectivity index (χ3v) is 6.04. The molecule has 0 saturated carbocycles. The molecule has 6 nitrogen and oxygen atoms in total. The molecule has 2 fully saturated rings. The van der Waals surface area contributed by atoms with Crippen molar-refractivity contribution in [2.75, 3.05) is 50.9 Å². The molecule has 7 heteroatoms. The molecular weight excluding hydrogens is 359 g/mol. The van der Waals surface area contributed by atoms with Gasteiger partial charge in [-0.1, -0.05) is 12.1 Å². The van der Waals surface area contributed by atoms with Gasteiger partial charge < -0.3 is 14.4 Å². The highest BCUT2D eigenvalue weighted by atomic mass is 19.1.